The van der Waals surface area contributed by atoms with Gasteiger partial charge in [0.25, 0.3) is 0 Å². The SMILES string of the molecule is CC1=N/C(=C(\c2ccc(C)[n-]2)c2c(C)cc(C)cc2C)C=C1.[Cl-].[Sn+2]. The molecule has 4 heteroatoms. The Morgan fingerprint density at radius 2 is 1.54 bits per heavy atom. The van der Waals surface area contributed by atoms with E-state index in [0.717, 1.165) is 28.4 Å². The van der Waals surface area contributed by atoms with Gasteiger partial charge < -0.3 is 17.4 Å². The van der Waals surface area contributed by atoms with Gasteiger partial charge in [-0.15, -0.1) is 5.69 Å². The summed E-state index contributed by atoms with van der Waals surface area (Å²) in [5.74, 6) is 0. The maximum atomic E-state index is 4.70. The number of halogens is 1. The van der Waals surface area contributed by atoms with Crippen molar-refractivity contribution in [2.24, 2.45) is 4.99 Å². The number of aryl methyl sites for hydroxylation is 4. The summed E-state index contributed by atoms with van der Waals surface area (Å²) in [5, 5.41) is 0. The molecule has 0 spiro atoms. The Hall–Kier alpha value is -1.26. The molecular formula is C20H21ClN2Sn. The third kappa shape index (κ3) is 4.04. The predicted molar refractivity (Wildman–Crippen MR) is 99.2 cm³/mol. The van der Waals surface area contributed by atoms with E-state index in [1.165, 1.54) is 22.3 Å². The molecule has 1 aliphatic rings. The first-order valence-corrected chi connectivity index (χ1v) is 7.62. The van der Waals surface area contributed by atoms with Crippen molar-refractivity contribution in [2.75, 3.05) is 0 Å². The monoisotopic (exact) mass is 444 g/mol. The van der Waals surface area contributed by atoms with Gasteiger partial charge in [0, 0.05) is 5.71 Å². The van der Waals surface area contributed by atoms with Gasteiger partial charge in [0.15, 0.2) is 0 Å². The summed E-state index contributed by atoms with van der Waals surface area (Å²) in [4.78, 5) is 9.40. The van der Waals surface area contributed by atoms with E-state index in [4.69, 9.17) is 9.98 Å². The van der Waals surface area contributed by atoms with Gasteiger partial charge in [-0.1, -0.05) is 36.8 Å². The van der Waals surface area contributed by atoms with Gasteiger partial charge in [-0.05, 0) is 62.1 Å². The van der Waals surface area contributed by atoms with Crippen molar-refractivity contribution in [1.82, 2.24) is 4.98 Å². The minimum atomic E-state index is 0. The molecule has 0 saturated heterocycles. The summed E-state index contributed by atoms with van der Waals surface area (Å²) in [6, 6.07) is 8.61. The zero-order chi connectivity index (χ0) is 15.9. The molecule has 0 aliphatic carbocycles. The van der Waals surface area contributed by atoms with Crippen molar-refractivity contribution in [1.29, 1.82) is 0 Å². The minimum absolute atomic E-state index is 0. The summed E-state index contributed by atoms with van der Waals surface area (Å²) < 4.78 is 0. The van der Waals surface area contributed by atoms with Gasteiger partial charge in [0.2, 0.25) is 0 Å². The second-order valence-electron chi connectivity index (χ2n) is 6.09. The van der Waals surface area contributed by atoms with Crippen LogP contribution in [0.5, 0.6) is 0 Å². The minimum Gasteiger partial charge on any atom is -1.00 e. The van der Waals surface area contributed by atoms with Gasteiger partial charge in [-0.25, -0.2) is 0 Å². The Morgan fingerprint density at radius 3 is 2.00 bits per heavy atom. The van der Waals surface area contributed by atoms with Gasteiger partial charge in [0.05, 0.1) is 5.70 Å². The molecule has 2 aromatic rings. The maximum absolute atomic E-state index is 4.70. The number of benzene rings is 1. The second-order valence-corrected chi connectivity index (χ2v) is 6.09. The summed E-state index contributed by atoms with van der Waals surface area (Å²) in [5.41, 5.74) is 10.3. The van der Waals surface area contributed by atoms with Crippen molar-refractivity contribution in [3.63, 3.8) is 0 Å². The molecule has 1 aromatic heterocycles. The van der Waals surface area contributed by atoms with Gasteiger partial charge in [-0.2, -0.15) is 5.69 Å². The second kappa shape index (κ2) is 8.21. The molecule has 0 bridgehead atoms. The van der Waals surface area contributed by atoms with E-state index in [1.54, 1.807) is 0 Å². The van der Waals surface area contributed by atoms with Crippen LogP contribution in [0.1, 0.15) is 40.6 Å². The van der Waals surface area contributed by atoms with Crippen LogP contribution in [0.25, 0.3) is 5.57 Å². The number of rotatable bonds is 2. The molecule has 0 N–H and O–H groups in total. The number of nitrogens with zero attached hydrogens (tertiary/aromatic N) is 2. The summed E-state index contributed by atoms with van der Waals surface area (Å²) in [7, 11) is 0. The number of aromatic nitrogens is 1. The average Bonchev–Trinajstić information content (AvgIpc) is 3.02. The fourth-order valence-corrected chi connectivity index (χ4v) is 3.17. The van der Waals surface area contributed by atoms with E-state index in [0.29, 0.717) is 0 Å². The normalized spacial score (nSPS) is 14.8. The zero-order valence-corrected chi connectivity index (χ0v) is 18.3. The molecule has 122 valence electrons. The Labute approximate surface area is 167 Å². The van der Waals surface area contributed by atoms with Crippen molar-refractivity contribution in [2.45, 2.75) is 34.6 Å². The molecule has 1 aromatic carbocycles. The van der Waals surface area contributed by atoms with Crippen LogP contribution in [0, 0.1) is 27.7 Å². The Balaban J connectivity index is 0.00000144. The van der Waals surface area contributed by atoms with Crippen molar-refractivity contribution >= 4 is 35.2 Å². The molecule has 0 amide bonds. The number of hydrogen-bond donors (Lipinski definition) is 0. The van der Waals surface area contributed by atoms with Crippen molar-refractivity contribution in [3.05, 3.63) is 75.8 Å². The van der Waals surface area contributed by atoms with Crippen LogP contribution in [0.3, 0.4) is 0 Å². The molecule has 2 heterocycles. The van der Waals surface area contributed by atoms with Crippen LogP contribution in [-0.2, 0) is 0 Å². The Kier molecular flexibility index (Phi) is 7.11. The molecule has 2 nitrogen and oxygen atoms in total. The zero-order valence-electron chi connectivity index (χ0n) is 14.7. The van der Waals surface area contributed by atoms with E-state index < -0.39 is 0 Å². The summed E-state index contributed by atoms with van der Waals surface area (Å²) in [6.45, 7) is 10.5. The van der Waals surface area contributed by atoms with E-state index in [-0.39, 0.29) is 36.3 Å². The fraction of sp³-hybridized carbons (Fsp3) is 0.250. The van der Waals surface area contributed by atoms with Crippen LogP contribution in [0.4, 0.5) is 0 Å². The first-order chi connectivity index (χ1) is 10.5. The van der Waals surface area contributed by atoms with Gasteiger partial charge in [0.1, 0.15) is 0 Å². The Morgan fingerprint density at radius 1 is 0.917 bits per heavy atom. The van der Waals surface area contributed by atoms with Crippen LogP contribution >= 0.6 is 0 Å². The molecule has 0 unspecified atom stereocenters. The Bertz CT molecular complexity index is 818. The van der Waals surface area contributed by atoms with E-state index in [1.807, 2.05) is 13.8 Å². The number of hydrogen-bond acceptors (Lipinski definition) is 1. The molecule has 24 heavy (non-hydrogen) atoms. The molecular weight excluding hydrogens is 422 g/mol. The van der Waals surface area contributed by atoms with Crippen LogP contribution < -0.4 is 17.4 Å². The summed E-state index contributed by atoms with van der Waals surface area (Å²) in [6.07, 6.45) is 4.15. The molecule has 0 fully saturated rings. The van der Waals surface area contributed by atoms with Crippen LogP contribution in [0.15, 0.2) is 47.1 Å². The smallest absolute Gasteiger partial charge is 1.00 e. The van der Waals surface area contributed by atoms with Gasteiger partial charge >= 0.3 is 23.9 Å². The molecule has 0 atom stereocenters. The maximum Gasteiger partial charge on any atom is 2.00 e. The van der Waals surface area contributed by atoms with Crippen molar-refractivity contribution < 1.29 is 12.4 Å². The van der Waals surface area contributed by atoms with Crippen LogP contribution in [-0.4, -0.2) is 29.6 Å². The third-order valence-corrected chi connectivity index (χ3v) is 4.00. The van der Waals surface area contributed by atoms with Crippen LogP contribution in [0.2, 0.25) is 0 Å². The average molecular weight is 444 g/mol. The quantitative estimate of drug-likeness (QED) is 0.643. The topological polar surface area (TPSA) is 26.5 Å². The fourth-order valence-electron chi connectivity index (χ4n) is 3.17. The van der Waals surface area contributed by atoms with E-state index >= 15 is 0 Å². The standard InChI is InChI=1S/C20H21N2.ClH.Sn/c1-12-10-13(2)19(14(3)11-12)20(17-8-6-15(4)21-17)18-9-7-16(5)22-18;;/h6-11H,1-5H3;1H;/q-1;;+2/p-1/b20-17+;;. The summed E-state index contributed by atoms with van der Waals surface area (Å²) >= 11 is 0. The third-order valence-electron chi connectivity index (χ3n) is 4.00. The first-order valence-electron chi connectivity index (χ1n) is 7.62. The first kappa shape index (κ1) is 20.8. The van der Waals surface area contributed by atoms with E-state index in [9.17, 15) is 0 Å². The number of aliphatic imine (C=N–C) groups is 1. The van der Waals surface area contributed by atoms with Gasteiger partial charge in [-0.3, -0.25) is 4.99 Å². The van der Waals surface area contributed by atoms with E-state index in [2.05, 4.69) is 57.2 Å². The molecule has 0 saturated carbocycles. The molecule has 1 aliphatic heterocycles. The predicted octanol–water partition coefficient (Wildman–Crippen LogP) is 1.29. The molecule has 3 rings (SSSR count). The van der Waals surface area contributed by atoms with Crippen molar-refractivity contribution in [3.8, 4) is 0 Å². The molecule has 2 radical (unpaired) electrons. The largest absolute Gasteiger partial charge is 2.00 e. The number of allylic oxidation sites excluding steroid dienone is 2.